The van der Waals surface area contributed by atoms with Gasteiger partial charge in [0.25, 0.3) is 0 Å². The SMILES string of the molecule is C=C(O)C(C)C(=O)SCCNC(=O)CCNC(=O)[C@H](O)C(C)(C)COP(=O)(O)OP(=O)(O)OC[C@H]1O[C@@H](n2cnc3c(N)ncnc32)[C@H](O)[C@@H]1OP(=O)(O)O. The monoisotopic (exact) mass is 865 g/mol. The number of thioether (sulfide) groups is 1. The quantitative estimate of drug-likeness (QED) is 0.0424. The lowest BCUT2D eigenvalue weighted by Gasteiger charge is -2.30. The first kappa shape index (κ1) is 46.5. The molecule has 3 heterocycles. The molecule has 1 aliphatic rings. The van der Waals surface area contributed by atoms with Crippen molar-refractivity contribution in [3.8, 4) is 0 Å². The van der Waals surface area contributed by atoms with Gasteiger partial charge in [0, 0.05) is 30.7 Å². The number of aliphatic hydroxyl groups is 3. The van der Waals surface area contributed by atoms with Crippen molar-refractivity contribution in [2.45, 2.75) is 57.8 Å². The minimum atomic E-state index is -5.58. The minimum absolute atomic E-state index is 0.0238. The molecule has 3 rings (SSSR count). The second kappa shape index (κ2) is 19.0. The Bertz CT molecular complexity index is 1860. The van der Waals surface area contributed by atoms with Gasteiger partial charge < -0.3 is 56.0 Å². The minimum Gasteiger partial charge on any atom is -0.512 e. The highest BCUT2D eigenvalue weighted by atomic mass is 32.2. The maximum Gasteiger partial charge on any atom is 0.481 e. The highest BCUT2D eigenvalue weighted by Crippen LogP contribution is 2.61. The van der Waals surface area contributed by atoms with Crippen LogP contribution >= 0.6 is 35.2 Å². The van der Waals surface area contributed by atoms with Gasteiger partial charge in [-0.15, -0.1) is 0 Å². The number of amides is 2. The average molecular weight is 866 g/mol. The Morgan fingerprint density at radius 2 is 1.75 bits per heavy atom. The van der Waals surface area contributed by atoms with Crippen LogP contribution < -0.4 is 16.4 Å². The number of phosphoric acid groups is 3. The third-order valence-corrected chi connectivity index (χ3v) is 11.7. The van der Waals surface area contributed by atoms with Crippen LogP contribution in [0.2, 0.25) is 0 Å². The fourth-order valence-electron chi connectivity index (χ4n) is 4.54. The number of phosphoric ester groups is 3. The van der Waals surface area contributed by atoms with E-state index in [9.17, 15) is 63.0 Å². The van der Waals surface area contributed by atoms with E-state index in [0.29, 0.717) is 0 Å². The lowest BCUT2D eigenvalue weighted by Crippen LogP contribution is -2.46. The lowest BCUT2D eigenvalue weighted by atomic mass is 9.87. The number of hydrogen-bond donors (Lipinski definition) is 10. The predicted molar refractivity (Wildman–Crippen MR) is 188 cm³/mol. The number of aliphatic hydroxyl groups excluding tert-OH is 3. The van der Waals surface area contributed by atoms with Gasteiger partial charge in [-0.2, -0.15) is 4.31 Å². The number of carbonyl (C=O) groups excluding carboxylic acids is 3. The number of fused-ring (bicyclic) bond motifs is 1. The molecule has 1 aliphatic heterocycles. The van der Waals surface area contributed by atoms with Crippen molar-refractivity contribution < 1.29 is 85.6 Å². The number of hydrogen-bond acceptors (Lipinski definition) is 19. The Morgan fingerprint density at radius 1 is 1.09 bits per heavy atom. The van der Waals surface area contributed by atoms with Gasteiger partial charge in [-0.25, -0.2) is 28.6 Å². The van der Waals surface area contributed by atoms with Crippen LogP contribution in [-0.2, 0) is 50.7 Å². The number of aromatic nitrogens is 4. The molecule has 8 atom stereocenters. The molecule has 55 heavy (non-hydrogen) atoms. The van der Waals surface area contributed by atoms with Gasteiger partial charge in [-0.05, 0) is 6.92 Å². The molecular weight excluding hydrogens is 823 g/mol. The van der Waals surface area contributed by atoms with Gasteiger partial charge in [-0.1, -0.05) is 32.2 Å². The van der Waals surface area contributed by atoms with Gasteiger partial charge in [0.1, 0.15) is 36.3 Å². The second-order valence-electron chi connectivity index (χ2n) is 12.4. The summed E-state index contributed by atoms with van der Waals surface area (Å²) in [5.74, 6) is -2.38. The molecule has 0 radical (unpaired) electrons. The standard InChI is InChI=1S/C26H42N7O18P3S/c1-13(14(2)34)25(39)55-8-7-28-16(35)5-6-29-23(38)20(37)26(3,4)10-48-54(45,46)51-53(43,44)47-9-15-19(50-52(40,41)42)18(36)24(49-15)33-12-32-17-21(27)30-11-31-22(17)33/h11-13,15,18-20,24,34,36-37H,2,5-10H2,1,3-4H3,(H,28,35)(H,29,38)(H,43,44)(H,45,46)(H2,27,30,31)(H2,40,41,42)/t13?,15-,18-,19-,20+,24-/m1/s1. The molecule has 2 aromatic rings. The molecule has 0 aliphatic carbocycles. The van der Waals surface area contributed by atoms with E-state index in [1.807, 2.05) is 0 Å². The molecule has 0 bridgehead atoms. The molecule has 0 saturated carbocycles. The highest BCUT2D eigenvalue weighted by molar-refractivity contribution is 8.13. The molecule has 11 N–H and O–H groups in total. The third kappa shape index (κ3) is 13.6. The number of imidazole rings is 1. The van der Waals surface area contributed by atoms with Crippen LogP contribution in [0.25, 0.3) is 11.2 Å². The Kier molecular flexibility index (Phi) is 16.1. The van der Waals surface area contributed by atoms with Gasteiger partial charge in [0.05, 0.1) is 31.2 Å². The van der Waals surface area contributed by atoms with E-state index in [2.05, 4.69) is 41.0 Å². The molecule has 2 aromatic heterocycles. The molecular formula is C26H42N7O18P3S. The molecule has 0 spiro atoms. The van der Waals surface area contributed by atoms with E-state index < -0.39 is 90.5 Å². The van der Waals surface area contributed by atoms with E-state index in [-0.39, 0.29) is 53.1 Å². The fraction of sp³-hybridized carbons (Fsp3) is 0.615. The van der Waals surface area contributed by atoms with Crippen LogP contribution in [0.15, 0.2) is 25.0 Å². The summed E-state index contributed by atoms with van der Waals surface area (Å²) < 4.78 is 62.0. The Labute approximate surface area is 316 Å². The number of allylic oxidation sites excluding steroid dienone is 1. The summed E-state index contributed by atoms with van der Waals surface area (Å²) in [6.07, 6.45) is -7.03. The summed E-state index contributed by atoms with van der Waals surface area (Å²) in [5.41, 5.74) is 4.22. The second-order valence-corrected chi connectivity index (χ2v) is 17.8. The molecule has 1 saturated heterocycles. The maximum atomic E-state index is 12.7. The van der Waals surface area contributed by atoms with E-state index in [0.717, 1.165) is 29.0 Å². The number of ether oxygens (including phenoxy) is 1. The van der Waals surface area contributed by atoms with E-state index in [1.165, 1.54) is 20.8 Å². The van der Waals surface area contributed by atoms with Crippen LogP contribution in [0.1, 0.15) is 33.4 Å². The molecule has 2 amide bonds. The van der Waals surface area contributed by atoms with Gasteiger partial charge >= 0.3 is 23.5 Å². The molecule has 1 fully saturated rings. The summed E-state index contributed by atoms with van der Waals surface area (Å²) in [6, 6.07) is 0. The molecule has 310 valence electrons. The summed E-state index contributed by atoms with van der Waals surface area (Å²) in [6.45, 7) is 5.06. The van der Waals surface area contributed by atoms with Gasteiger partial charge in [-0.3, -0.25) is 32.5 Å². The normalized spacial score (nSPS) is 22.3. The van der Waals surface area contributed by atoms with Crippen LogP contribution in [0, 0.1) is 11.3 Å². The van der Waals surface area contributed by atoms with E-state index in [1.54, 1.807) is 0 Å². The van der Waals surface area contributed by atoms with Crippen molar-refractivity contribution in [2.75, 3.05) is 37.8 Å². The van der Waals surface area contributed by atoms with Crippen molar-refractivity contribution in [1.29, 1.82) is 0 Å². The fourth-order valence-corrected chi connectivity index (χ4v) is 8.16. The van der Waals surface area contributed by atoms with E-state index in [4.69, 9.17) is 19.5 Å². The topological polar surface area (TPSA) is 384 Å². The van der Waals surface area contributed by atoms with Crippen molar-refractivity contribution in [3.05, 3.63) is 25.0 Å². The summed E-state index contributed by atoms with van der Waals surface area (Å²) in [5, 5.41) is 35.1. The highest BCUT2D eigenvalue weighted by Gasteiger charge is 2.50. The number of nitrogen functional groups attached to an aromatic ring is 1. The van der Waals surface area contributed by atoms with Crippen LogP contribution in [0.3, 0.4) is 0 Å². The molecule has 0 aromatic carbocycles. The number of rotatable bonds is 21. The van der Waals surface area contributed by atoms with Crippen LogP contribution in [0.5, 0.6) is 0 Å². The van der Waals surface area contributed by atoms with Crippen LogP contribution in [-0.4, -0.2) is 128 Å². The smallest absolute Gasteiger partial charge is 0.481 e. The average Bonchev–Trinajstić information content (AvgIpc) is 3.64. The molecule has 29 heteroatoms. The summed E-state index contributed by atoms with van der Waals surface area (Å²) in [7, 11) is -16.4. The van der Waals surface area contributed by atoms with Gasteiger partial charge in [0.15, 0.2) is 22.8 Å². The first-order valence-corrected chi connectivity index (χ1v) is 21.3. The number of carbonyl (C=O) groups is 3. The Morgan fingerprint density at radius 3 is 2.38 bits per heavy atom. The van der Waals surface area contributed by atoms with Crippen molar-refractivity contribution >= 4 is 69.1 Å². The zero-order valence-electron chi connectivity index (χ0n) is 29.3. The van der Waals surface area contributed by atoms with Crippen LogP contribution in [0.4, 0.5) is 5.82 Å². The van der Waals surface area contributed by atoms with Crippen molar-refractivity contribution in [1.82, 2.24) is 30.2 Å². The molecule has 25 nitrogen and oxygen atoms in total. The van der Waals surface area contributed by atoms with E-state index >= 15 is 0 Å². The first-order chi connectivity index (χ1) is 25.3. The van der Waals surface area contributed by atoms with Gasteiger partial charge in [0.2, 0.25) is 11.8 Å². The third-order valence-electron chi connectivity index (χ3n) is 7.60. The number of nitrogens with two attached hydrogens (primary N) is 1. The Balaban J connectivity index is 1.50. The molecule has 3 unspecified atom stereocenters. The number of nitrogens with one attached hydrogen (secondary N) is 2. The van der Waals surface area contributed by atoms with Crippen molar-refractivity contribution in [2.24, 2.45) is 11.3 Å². The lowest BCUT2D eigenvalue weighted by molar-refractivity contribution is -0.137. The largest absolute Gasteiger partial charge is 0.512 e. The first-order valence-electron chi connectivity index (χ1n) is 15.8. The number of nitrogens with zero attached hydrogens (tertiary/aromatic N) is 4. The predicted octanol–water partition coefficient (Wildman–Crippen LogP) is -0.627. The summed E-state index contributed by atoms with van der Waals surface area (Å²) in [4.78, 5) is 87.2. The number of anilines is 1. The summed E-state index contributed by atoms with van der Waals surface area (Å²) >= 11 is 0.886. The van der Waals surface area contributed by atoms with Crippen molar-refractivity contribution in [3.63, 3.8) is 0 Å². The Hall–Kier alpha value is -2.90. The zero-order chi connectivity index (χ0) is 41.5. The maximum absolute atomic E-state index is 12.7. The zero-order valence-corrected chi connectivity index (χ0v) is 32.8.